The molecule has 1 aromatic carbocycles. The van der Waals surface area contributed by atoms with E-state index in [1.807, 2.05) is 32.0 Å². The lowest BCUT2D eigenvalue weighted by Crippen LogP contribution is -2.34. The van der Waals surface area contributed by atoms with E-state index in [0.29, 0.717) is 17.0 Å². The predicted molar refractivity (Wildman–Crippen MR) is 130 cm³/mol. The van der Waals surface area contributed by atoms with Gasteiger partial charge in [0.2, 0.25) is 12.2 Å². The Balaban J connectivity index is 0.000000193. The van der Waals surface area contributed by atoms with Gasteiger partial charge in [-0.1, -0.05) is 25.4 Å². The van der Waals surface area contributed by atoms with E-state index < -0.39 is 12.0 Å². The largest absolute Gasteiger partial charge is 0.451 e. The van der Waals surface area contributed by atoms with Gasteiger partial charge in [-0.3, -0.25) is 9.78 Å². The molecule has 192 valence electrons. The van der Waals surface area contributed by atoms with Crippen LogP contribution in [0.15, 0.2) is 24.4 Å². The van der Waals surface area contributed by atoms with E-state index in [9.17, 15) is 23.2 Å². The molecule has 0 atom stereocenters. The number of hydrogen-bond donors (Lipinski definition) is 0. The molecule has 0 bridgehead atoms. The molecule has 0 aliphatic carbocycles. The molecule has 1 amide bonds. The van der Waals surface area contributed by atoms with Crippen molar-refractivity contribution < 1.29 is 18.0 Å². The molecule has 4 heterocycles. The van der Waals surface area contributed by atoms with Crippen LogP contribution in [-0.2, 0) is 24.1 Å². The molecule has 0 N–H and O–H groups in total. The fourth-order valence-electron chi connectivity index (χ4n) is 4.17. The zero-order valence-corrected chi connectivity index (χ0v) is 20.9. The second-order valence-corrected chi connectivity index (χ2v) is 8.44. The Hall–Kier alpha value is -3.39. The van der Waals surface area contributed by atoms with E-state index in [2.05, 4.69) is 26.2 Å². The Labute approximate surface area is 212 Å². The third-order valence-corrected chi connectivity index (χ3v) is 6.01. The summed E-state index contributed by atoms with van der Waals surface area (Å²) in [7, 11) is 0. The van der Waals surface area contributed by atoms with Crippen molar-refractivity contribution in [2.45, 2.75) is 52.4 Å². The average Bonchev–Trinajstić information content (AvgIpc) is 3.34. The topological polar surface area (TPSA) is 90.9 Å². The minimum absolute atomic E-state index is 0.0760. The summed E-state index contributed by atoms with van der Waals surface area (Å²) >= 11 is 6.10. The SMILES string of the molecule is CC.N#Cc1cnc2ccc(Cl)cc2c1N1CCCCC1.O=CN1CCn2c(nnc2C(F)(F)F)C1. The minimum atomic E-state index is -4.49. The van der Waals surface area contributed by atoms with Gasteiger partial charge in [-0.25, -0.2) is 0 Å². The number of carbonyl (C=O) groups excluding carboxylic acids is 1. The lowest BCUT2D eigenvalue weighted by molar-refractivity contribution is -0.148. The van der Waals surface area contributed by atoms with Crippen molar-refractivity contribution in [1.82, 2.24) is 24.6 Å². The molecule has 12 heteroatoms. The Morgan fingerprint density at radius 2 is 1.81 bits per heavy atom. The second kappa shape index (κ2) is 12.0. The summed E-state index contributed by atoms with van der Waals surface area (Å²) in [5, 5.41) is 17.5. The molecule has 3 aromatic rings. The van der Waals surface area contributed by atoms with Gasteiger partial charge in [0.15, 0.2) is 5.82 Å². The third kappa shape index (κ3) is 6.05. The fourth-order valence-corrected chi connectivity index (χ4v) is 4.34. The van der Waals surface area contributed by atoms with Crippen molar-refractivity contribution in [3.8, 4) is 6.07 Å². The van der Waals surface area contributed by atoms with E-state index in [0.717, 1.165) is 34.2 Å². The molecule has 8 nitrogen and oxygen atoms in total. The monoisotopic (exact) mass is 521 g/mol. The Kier molecular flexibility index (Phi) is 9.09. The number of benzene rings is 1. The lowest BCUT2D eigenvalue weighted by atomic mass is 10.0. The number of anilines is 1. The van der Waals surface area contributed by atoms with Crippen LogP contribution < -0.4 is 4.90 Å². The number of aromatic nitrogens is 4. The highest BCUT2D eigenvalue weighted by Crippen LogP contribution is 2.33. The van der Waals surface area contributed by atoms with Crippen LogP contribution in [-0.4, -0.2) is 50.7 Å². The van der Waals surface area contributed by atoms with Crippen LogP contribution in [0, 0.1) is 11.3 Å². The van der Waals surface area contributed by atoms with Crippen molar-refractivity contribution in [2.24, 2.45) is 0 Å². The number of carbonyl (C=O) groups is 1. The maximum atomic E-state index is 12.4. The molecule has 2 aliphatic rings. The molecule has 5 rings (SSSR count). The second-order valence-electron chi connectivity index (χ2n) is 8.01. The van der Waals surface area contributed by atoms with Crippen LogP contribution in [0.2, 0.25) is 5.02 Å². The Morgan fingerprint density at radius 1 is 1.08 bits per heavy atom. The zero-order valence-electron chi connectivity index (χ0n) is 20.1. The predicted octanol–water partition coefficient (Wildman–Crippen LogP) is 5.05. The van der Waals surface area contributed by atoms with Crippen LogP contribution in [0.5, 0.6) is 0 Å². The number of hydrogen-bond acceptors (Lipinski definition) is 6. The number of rotatable bonds is 2. The van der Waals surface area contributed by atoms with E-state index in [1.54, 1.807) is 6.20 Å². The van der Waals surface area contributed by atoms with E-state index >= 15 is 0 Å². The summed E-state index contributed by atoms with van der Waals surface area (Å²) in [5.41, 5.74) is 2.52. The van der Waals surface area contributed by atoms with Gasteiger partial charge in [0.25, 0.3) is 0 Å². The van der Waals surface area contributed by atoms with Gasteiger partial charge in [0.05, 0.1) is 23.3 Å². The van der Waals surface area contributed by atoms with Crippen molar-refractivity contribution in [1.29, 1.82) is 5.26 Å². The van der Waals surface area contributed by atoms with E-state index in [4.69, 9.17) is 11.6 Å². The first-order valence-corrected chi connectivity index (χ1v) is 12.1. The number of halogens is 4. The lowest BCUT2D eigenvalue weighted by Gasteiger charge is -2.30. The van der Waals surface area contributed by atoms with Crippen molar-refractivity contribution >= 4 is 34.6 Å². The third-order valence-electron chi connectivity index (χ3n) is 5.78. The highest BCUT2D eigenvalue weighted by Gasteiger charge is 2.39. The first kappa shape index (κ1) is 27.2. The van der Waals surface area contributed by atoms with Gasteiger partial charge in [0, 0.05) is 42.8 Å². The molecule has 0 spiro atoms. The van der Waals surface area contributed by atoms with Gasteiger partial charge in [-0.2, -0.15) is 18.4 Å². The van der Waals surface area contributed by atoms with Crippen molar-refractivity contribution in [3.63, 3.8) is 0 Å². The van der Waals surface area contributed by atoms with Crippen LogP contribution in [0.4, 0.5) is 18.9 Å². The van der Waals surface area contributed by atoms with Gasteiger partial charge in [0.1, 0.15) is 6.07 Å². The maximum absolute atomic E-state index is 12.4. The number of nitriles is 1. The summed E-state index contributed by atoms with van der Waals surface area (Å²) in [6.45, 7) is 6.40. The smallest absolute Gasteiger partial charge is 0.370 e. The van der Waals surface area contributed by atoms with Crippen LogP contribution >= 0.6 is 11.6 Å². The minimum Gasteiger partial charge on any atom is -0.370 e. The summed E-state index contributed by atoms with van der Waals surface area (Å²) in [5.74, 6) is -0.830. The molecular weight excluding hydrogens is 495 g/mol. The number of alkyl halides is 3. The van der Waals surface area contributed by atoms with Crippen LogP contribution in [0.3, 0.4) is 0 Å². The van der Waals surface area contributed by atoms with Crippen LogP contribution in [0.1, 0.15) is 50.3 Å². The first-order valence-electron chi connectivity index (χ1n) is 11.7. The van der Waals surface area contributed by atoms with Gasteiger partial charge in [-0.15, -0.1) is 10.2 Å². The molecule has 0 unspecified atom stereocenters. The Morgan fingerprint density at radius 3 is 2.44 bits per heavy atom. The summed E-state index contributed by atoms with van der Waals surface area (Å²) < 4.78 is 38.1. The van der Waals surface area contributed by atoms with Crippen molar-refractivity contribution in [3.05, 3.63) is 46.6 Å². The number of nitrogens with zero attached hydrogens (tertiary/aromatic N) is 7. The quantitative estimate of drug-likeness (QED) is 0.438. The van der Waals surface area contributed by atoms with Gasteiger partial charge < -0.3 is 14.4 Å². The molecule has 0 radical (unpaired) electrons. The van der Waals surface area contributed by atoms with E-state index in [-0.39, 0.29) is 25.5 Å². The summed E-state index contributed by atoms with van der Waals surface area (Å²) in [4.78, 5) is 18.4. The summed E-state index contributed by atoms with van der Waals surface area (Å²) in [6, 6.07) is 7.91. The zero-order chi connectivity index (χ0) is 26.3. The number of amides is 1. The highest BCUT2D eigenvalue weighted by molar-refractivity contribution is 6.31. The fraction of sp³-hybridized carbons (Fsp3) is 0.458. The standard InChI is InChI=1S/C15H14ClN3.C7H7F3N4O.C2H6/c16-12-4-5-14-13(8-12)15(11(9-17)10-18-14)19-6-2-1-3-7-19;8-7(9,10)6-12-11-5-3-13(4-15)1-2-14(5)6;1-2/h4-5,8,10H,1-3,6-7H2;4H,1-3H2;1-2H3. The normalized spacial score (nSPS) is 15.1. The van der Waals surface area contributed by atoms with E-state index in [1.165, 1.54) is 24.2 Å². The molecular formula is C24H27ClF3N7O. The first-order chi connectivity index (χ1) is 17.3. The van der Waals surface area contributed by atoms with Crippen LogP contribution in [0.25, 0.3) is 10.9 Å². The number of piperidine rings is 1. The number of fused-ring (bicyclic) bond motifs is 2. The van der Waals surface area contributed by atoms with Crippen molar-refractivity contribution in [2.75, 3.05) is 24.5 Å². The average molecular weight is 522 g/mol. The molecule has 1 fully saturated rings. The molecule has 1 saturated heterocycles. The Bertz CT molecular complexity index is 1230. The molecule has 36 heavy (non-hydrogen) atoms. The summed E-state index contributed by atoms with van der Waals surface area (Å²) in [6.07, 6.45) is 1.38. The molecule has 0 saturated carbocycles. The maximum Gasteiger partial charge on any atom is 0.451 e. The van der Waals surface area contributed by atoms with Gasteiger partial charge >= 0.3 is 6.18 Å². The highest BCUT2D eigenvalue weighted by atomic mass is 35.5. The molecule has 2 aromatic heterocycles. The van der Waals surface area contributed by atoms with Gasteiger partial charge in [-0.05, 0) is 37.5 Å². The number of pyridine rings is 1. The molecule has 2 aliphatic heterocycles.